The summed E-state index contributed by atoms with van der Waals surface area (Å²) in [6.45, 7) is 0. The van der Waals surface area contributed by atoms with Gasteiger partial charge in [-0.05, 0) is 33.0 Å². The maximum atomic E-state index is 4.37. The van der Waals surface area contributed by atoms with Gasteiger partial charge in [0.2, 0.25) is 0 Å². The Morgan fingerprint density at radius 1 is 0.417 bits per heavy atom. The number of aromatic amines is 4. The van der Waals surface area contributed by atoms with Crippen LogP contribution in [0.5, 0.6) is 0 Å². The molecule has 4 aromatic heterocycles. The van der Waals surface area contributed by atoms with Crippen LogP contribution in [0, 0.1) is 0 Å². The van der Waals surface area contributed by atoms with Crippen molar-refractivity contribution >= 4 is 43.4 Å². The maximum Gasteiger partial charge on any atom is 0.121 e. The predicted octanol–water partition coefficient (Wildman–Crippen LogP) is 3.83. The van der Waals surface area contributed by atoms with Gasteiger partial charge in [-0.25, -0.2) is 0 Å². The van der Waals surface area contributed by atoms with E-state index < -0.39 is 0 Å². The van der Waals surface area contributed by atoms with E-state index in [0.29, 0.717) is 0 Å². The average Bonchev–Trinajstić information content (AvgIpc) is 3.78. The van der Waals surface area contributed by atoms with E-state index in [1.54, 1.807) is 37.2 Å². The van der Waals surface area contributed by atoms with Gasteiger partial charge in [-0.3, -0.25) is 0 Å². The molecule has 8 aromatic rings. The summed E-state index contributed by atoms with van der Waals surface area (Å²) in [4.78, 5) is 0. The van der Waals surface area contributed by atoms with Crippen molar-refractivity contribution in [3.05, 3.63) is 97.8 Å². The third kappa shape index (κ3) is 5.02. The lowest BCUT2D eigenvalue weighted by Gasteiger charge is -2.08. The van der Waals surface area contributed by atoms with Gasteiger partial charge in [0.25, 0.3) is 0 Å². The Morgan fingerprint density at radius 2 is 0.917 bits per heavy atom. The van der Waals surface area contributed by atoms with Gasteiger partial charge in [-0.15, -0.1) is 0 Å². The van der Waals surface area contributed by atoms with E-state index in [-0.39, 0.29) is 0 Å². The summed E-state index contributed by atoms with van der Waals surface area (Å²) in [5.41, 5.74) is 1.84. The van der Waals surface area contributed by atoms with E-state index in [1.807, 2.05) is 6.07 Å². The lowest BCUT2D eigenvalue weighted by Crippen LogP contribution is -1.83. The molecule has 176 valence electrons. The molecular formula is C24H20N12. The normalized spacial score (nSPS) is 10.2. The van der Waals surface area contributed by atoms with Crippen LogP contribution in [0.15, 0.2) is 97.8 Å². The minimum absolute atomic E-state index is 0.905. The van der Waals surface area contributed by atoms with Crippen molar-refractivity contribution in [1.29, 1.82) is 0 Å². The van der Waals surface area contributed by atoms with Gasteiger partial charge in [-0.1, -0.05) is 54.6 Å². The van der Waals surface area contributed by atoms with E-state index in [4.69, 9.17) is 0 Å². The summed E-state index contributed by atoms with van der Waals surface area (Å²) in [5.74, 6) is 0. The molecule has 0 aliphatic rings. The Hall–Kier alpha value is -5.52. The summed E-state index contributed by atoms with van der Waals surface area (Å²) in [6, 6.07) is 21.3. The quantitative estimate of drug-likeness (QED) is 0.240. The SMILES string of the molecule is c1ccc2c(c1)ccc1ccc3ccc4n[nH]nc4c3c12.c1cn[nH]n1.c1cn[nH]n1.c1cn[nH]n1. The number of H-pyrrole nitrogens is 4. The Kier molecular flexibility index (Phi) is 6.85. The highest BCUT2D eigenvalue weighted by molar-refractivity contribution is 6.26. The van der Waals surface area contributed by atoms with Crippen molar-refractivity contribution in [3.63, 3.8) is 0 Å². The highest BCUT2D eigenvalue weighted by atomic mass is 15.3. The molecule has 0 amide bonds. The number of nitrogens with one attached hydrogen (secondary N) is 4. The average molecular weight is 477 g/mol. The Labute approximate surface area is 203 Å². The summed E-state index contributed by atoms with van der Waals surface area (Å²) in [7, 11) is 0. The van der Waals surface area contributed by atoms with Crippen LogP contribution in [0.25, 0.3) is 43.4 Å². The smallest absolute Gasteiger partial charge is 0.121 e. The molecule has 0 atom stereocenters. The van der Waals surface area contributed by atoms with Gasteiger partial charge in [0.05, 0.1) is 37.2 Å². The van der Waals surface area contributed by atoms with Crippen molar-refractivity contribution in [3.8, 4) is 0 Å². The maximum absolute atomic E-state index is 4.37. The van der Waals surface area contributed by atoms with E-state index in [1.165, 1.54) is 32.3 Å². The van der Waals surface area contributed by atoms with Crippen LogP contribution in [0.4, 0.5) is 0 Å². The first kappa shape index (κ1) is 22.3. The molecule has 36 heavy (non-hydrogen) atoms. The second-order valence-corrected chi connectivity index (χ2v) is 7.27. The molecule has 4 aromatic carbocycles. The van der Waals surface area contributed by atoms with Gasteiger partial charge in [0, 0.05) is 5.39 Å². The number of rotatable bonds is 0. The predicted molar refractivity (Wildman–Crippen MR) is 136 cm³/mol. The first-order valence-electron chi connectivity index (χ1n) is 10.8. The van der Waals surface area contributed by atoms with Crippen molar-refractivity contribution in [2.24, 2.45) is 0 Å². The molecular weight excluding hydrogens is 456 g/mol. The van der Waals surface area contributed by atoms with Crippen molar-refractivity contribution < 1.29 is 0 Å². The monoisotopic (exact) mass is 476 g/mol. The van der Waals surface area contributed by atoms with E-state index in [9.17, 15) is 0 Å². The molecule has 4 N–H and O–H groups in total. The van der Waals surface area contributed by atoms with Gasteiger partial charge in [-0.2, -0.15) is 61.6 Å². The van der Waals surface area contributed by atoms with Crippen LogP contribution in [0.1, 0.15) is 0 Å². The Balaban J connectivity index is 0.000000143. The minimum atomic E-state index is 0.905. The summed E-state index contributed by atoms with van der Waals surface area (Å²) in [6.07, 6.45) is 9.50. The van der Waals surface area contributed by atoms with Crippen LogP contribution in [0.2, 0.25) is 0 Å². The Morgan fingerprint density at radius 3 is 1.47 bits per heavy atom. The number of hydrogen-bond acceptors (Lipinski definition) is 8. The minimum Gasteiger partial charge on any atom is -0.198 e. The zero-order valence-corrected chi connectivity index (χ0v) is 18.8. The summed E-state index contributed by atoms with van der Waals surface area (Å²) >= 11 is 0. The summed E-state index contributed by atoms with van der Waals surface area (Å²) < 4.78 is 0. The van der Waals surface area contributed by atoms with Crippen molar-refractivity contribution in [1.82, 2.24) is 61.6 Å². The molecule has 4 heterocycles. The number of nitrogens with zero attached hydrogens (tertiary/aromatic N) is 8. The number of aromatic nitrogens is 12. The zero-order chi connectivity index (χ0) is 24.4. The molecule has 0 bridgehead atoms. The van der Waals surface area contributed by atoms with Gasteiger partial charge in [0.15, 0.2) is 0 Å². The highest BCUT2D eigenvalue weighted by Gasteiger charge is 2.10. The molecule has 12 heteroatoms. The van der Waals surface area contributed by atoms with E-state index in [2.05, 4.69) is 116 Å². The largest absolute Gasteiger partial charge is 0.198 e. The first-order valence-corrected chi connectivity index (χ1v) is 10.8. The fourth-order valence-corrected chi connectivity index (χ4v) is 3.72. The van der Waals surface area contributed by atoms with Gasteiger partial charge < -0.3 is 0 Å². The standard InChI is InChI=1S/C18H11N3.3C2H3N3/c1-2-4-14-11(3-1)5-6-12-7-8-13-9-10-15-18(20-21-19-15)17(13)16(12)14;3*1-2-4-5-3-1/h1-10H,(H,19,20,21);3*1-2H,(H,3,4,5). The summed E-state index contributed by atoms with van der Waals surface area (Å²) in [5, 5.41) is 46.7. The van der Waals surface area contributed by atoms with Crippen LogP contribution in [0.3, 0.4) is 0 Å². The highest BCUT2D eigenvalue weighted by Crippen LogP contribution is 2.35. The van der Waals surface area contributed by atoms with Crippen LogP contribution >= 0.6 is 0 Å². The number of hydrogen-bond donors (Lipinski definition) is 4. The topological polar surface area (TPSA) is 166 Å². The second-order valence-electron chi connectivity index (χ2n) is 7.27. The molecule has 0 saturated heterocycles. The second kappa shape index (κ2) is 11.1. The fourth-order valence-electron chi connectivity index (χ4n) is 3.72. The third-order valence-electron chi connectivity index (χ3n) is 5.17. The lowest BCUT2D eigenvalue weighted by atomic mass is 9.96. The van der Waals surface area contributed by atoms with Crippen LogP contribution < -0.4 is 0 Å². The van der Waals surface area contributed by atoms with E-state index >= 15 is 0 Å². The molecule has 12 nitrogen and oxygen atoms in total. The molecule has 0 radical (unpaired) electrons. The molecule has 0 fully saturated rings. The molecule has 0 spiro atoms. The molecule has 0 aliphatic carbocycles. The zero-order valence-electron chi connectivity index (χ0n) is 18.8. The third-order valence-corrected chi connectivity index (χ3v) is 5.17. The van der Waals surface area contributed by atoms with Gasteiger partial charge in [0.1, 0.15) is 11.0 Å². The van der Waals surface area contributed by atoms with Gasteiger partial charge >= 0.3 is 0 Å². The fraction of sp³-hybridized carbons (Fsp3) is 0. The number of fused-ring (bicyclic) bond motifs is 7. The molecule has 0 aliphatic heterocycles. The Bertz CT molecular complexity index is 1620. The lowest BCUT2D eigenvalue weighted by molar-refractivity contribution is 0.940. The van der Waals surface area contributed by atoms with E-state index in [0.717, 1.165) is 11.0 Å². The van der Waals surface area contributed by atoms with Crippen LogP contribution in [-0.2, 0) is 0 Å². The molecule has 0 unspecified atom stereocenters. The van der Waals surface area contributed by atoms with Crippen LogP contribution in [-0.4, -0.2) is 61.6 Å². The molecule has 8 rings (SSSR count). The molecule has 0 saturated carbocycles. The van der Waals surface area contributed by atoms with Crippen molar-refractivity contribution in [2.75, 3.05) is 0 Å². The van der Waals surface area contributed by atoms with Crippen molar-refractivity contribution in [2.45, 2.75) is 0 Å². The first-order chi connectivity index (χ1) is 17.9. The number of benzene rings is 4.